The van der Waals surface area contributed by atoms with E-state index in [0.29, 0.717) is 16.6 Å². The van der Waals surface area contributed by atoms with Crippen LogP contribution in [-0.4, -0.2) is 4.99 Å². The summed E-state index contributed by atoms with van der Waals surface area (Å²) in [6.07, 6.45) is 0. The Hall–Kier alpha value is -1.58. The summed E-state index contributed by atoms with van der Waals surface area (Å²) in [6.45, 7) is 0.455. The van der Waals surface area contributed by atoms with Crippen molar-refractivity contribution in [2.45, 2.75) is 6.61 Å². The van der Waals surface area contributed by atoms with Crippen LogP contribution in [-0.2, 0) is 6.61 Å². The molecule has 4 heteroatoms. The van der Waals surface area contributed by atoms with Gasteiger partial charge in [-0.2, -0.15) is 0 Å². The summed E-state index contributed by atoms with van der Waals surface area (Å²) in [6, 6.07) is 15.0. The number of hydrogen-bond acceptors (Lipinski definition) is 2. The maximum Gasteiger partial charge on any atom is 0.121 e. The van der Waals surface area contributed by atoms with Crippen molar-refractivity contribution in [2.75, 3.05) is 0 Å². The van der Waals surface area contributed by atoms with Gasteiger partial charge in [-0.05, 0) is 29.8 Å². The molecular weight excluding hydrogens is 266 g/mol. The standard InChI is InChI=1S/C14H12ClNOS/c15-12-5-2-6-13(8-12)17-9-10-3-1-4-11(7-10)14(16)18/h1-8H,9H2,(H2,16,18). The van der Waals surface area contributed by atoms with Crippen molar-refractivity contribution in [3.05, 3.63) is 64.7 Å². The molecule has 2 aromatic rings. The summed E-state index contributed by atoms with van der Waals surface area (Å²) >= 11 is 10.8. The molecule has 2 N–H and O–H groups in total. The minimum absolute atomic E-state index is 0.389. The van der Waals surface area contributed by atoms with E-state index >= 15 is 0 Å². The molecule has 0 bridgehead atoms. The van der Waals surface area contributed by atoms with Crippen molar-refractivity contribution in [1.29, 1.82) is 0 Å². The first-order valence-corrected chi connectivity index (χ1v) is 6.21. The van der Waals surface area contributed by atoms with Crippen molar-refractivity contribution in [2.24, 2.45) is 5.73 Å². The zero-order valence-electron chi connectivity index (χ0n) is 9.60. The lowest BCUT2D eigenvalue weighted by Gasteiger charge is -2.07. The minimum Gasteiger partial charge on any atom is -0.489 e. The van der Waals surface area contributed by atoms with Crippen molar-refractivity contribution >= 4 is 28.8 Å². The van der Waals surface area contributed by atoms with E-state index in [1.165, 1.54) is 0 Å². The predicted octanol–water partition coefficient (Wildman–Crippen LogP) is 3.55. The molecule has 0 amide bonds. The highest BCUT2D eigenvalue weighted by atomic mass is 35.5. The van der Waals surface area contributed by atoms with E-state index < -0.39 is 0 Å². The highest BCUT2D eigenvalue weighted by Gasteiger charge is 2.00. The van der Waals surface area contributed by atoms with E-state index in [1.807, 2.05) is 42.5 Å². The number of rotatable bonds is 4. The second-order valence-electron chi connectivity index (χ2n) is 3.81. The van der Waals surface area contributed by atoms with Gasteiger partial charge >= 0.3 is 0 Å². The monoisotopic (exact) mass is 277 g/mol. The second-order valence-corrected chi connectivity index (χ2v) is 4.69. The van der Waals surface area contributed by atoms with Gasteiger partial charge in [-0.25, -0.2) is 0 Å². The van der Waals surface area contributed by atoms with E-state index in [2.05, 4.69) is 0 Å². The lowest BCUT2D eigenvalue weighted by Crippen LogP contribution is -2.09. The Labute approximate surface area is 116 Å². The molecule has 0 aliphatic heterocycles. The summed E-state index contributed by atoms with van der Waals surface area (Å²) in [4.78, 5) is 0.389. The van der Waals surface area contributed by atoms with Gasteiger partial charge in [-0.15, -0.1) is 0 Å². The minimum atomic E-state index is 0.389. The van der Waals surface area contributed by atoms with Crippen LogP contribution >= 0.6 is 23.8 Å². The van der Waals surface area contributed by atoms with E-state index in [1.54, 1.807) is 6.07 Å². The van der Waals surface area contributed by atoms with Gasteiger partial charge in [-0.1, -0.05) is 48.1 Å². The molecule has 0 aromatic heterocycles. The normalized spacial score (nSPS) is 10.1. The van der Waals surface area contributed by atoms with Gasteiger partial charge in [0, 0.05) is 10.6 Å². The van der Waals surface area contributed by atoms with Crippen LogP contribution in [0, 0.1) is 0 Å². The quantitative estimate of drug-likeness (QED) is 0.868. The van der Waals surface area contributed by atoms with Gasteiger partial charge in [0.2, 0.25) is 0 Å². The van der Waals surface area contributed by atoms with Crippen molar-refractivity contribution in [3.8, 4) is 5.75 Å². The van der Waals surface area contributed by atoms with E-state index in [4.69, 9.17) is 34.3 Å². The number of halogens is 1. The van der Waals surface area contributed by atoms with E-state index in [0.717, 1.165) is 16.9 Å². The summed E-state index contributed by atoms with van der Waals surface area (Å²) in [5, 5.41) is 0.657. The number of nitrogens with two attached hydrogens (primary N) is 1. The van der Waals surface area contributed by atoms with Crippen molar-refractivity contribution < 1.29 is 4.74 Å². The smallest absolute Gasteiger partial charge is 0.121 e. The van der Waals surface area contributed by atoms with Crippen LogP contribution in [0.1, 0.15) is 11.1 Å². The zero-order chi connectivity index (χ0) is 13.0. The Bertz CT molecular complexity index is 571. The Morgan fingerprint density at radius 2 is 1.94 bits per heavy atom. The number of benzene rings is 2. The first-order chi connectivity index (χ1) is 8.65. The van der Waals surface area contributed by atoms with Crippen LogP contribution in [0.5, 0.6) is 5.75 Å². The molecule has 0 heterocycles. The van der Waals surface area contributed by atoms with Crippen LogP contribution in [0.3, 0.4) is 0 Å². The molecule has 0 atom stereocenters. The molecule has 0 aliphatic carbocycles. The van der Waals surface area contributed by atoms with Gasteiger partial charge in [0.15, 0.2) is 0 Å². The lowest BCUT2D eigenvalue weighted by atomic mass is 10.1. The van der Waals surface area contributed by atoms with Crippen LogP contribution in [0.15, 0.2) is 48.5 Å². The molecule has 2 nitrogen and oxygen atoms in total. The van der Waals surface area contributed by atoms with Crippen LogP contribution in [0.25, 0.3) is 0 Å². The fourth-order valence-corrected chi connectivity index (χ4v) is 1.85. The topological polar surface area (TPSA) is 35.2 Å². The summed E-state index contributed by atoms with van der Waals surface area (Å²) in [5.41, 5.74) is 7.44. The Kier molecular flexibility index (Phi) is 4.18. The van der Waals surface area contributed by atoms with Gasteiger partial charge in [0.25, 0.3) is 0 Å². The third-order valence-electron chi connectivity index (χ3n) is 2.41. The average molecular weight is 278 g/mol. The number of ether oxygens (including phenoxy) is 1. The molecule has 0 spiro atoms. The molecule has 0 saturated carbocycles. The van der Waals surface area contributed by atoms with Gasteiger partial charge in [-0.3, -0.25) is 0 Å². The maximum atomic E-state index is 5.88. The molecule has 2 rings (SSSR count). The molecule has 0 fully saturated rings. The zero-order valence-corrected chi connectivity index (χ0v) is 11.2. The van der Waals surface area contributed by atoms with Gasteiger partial charge < -0.3 is 10.5 Å². The number of hydrogen-bond donors (Lipinski definition) is 1. The fraction of sp³-hybridized carbons (Fsp3) is 0.0714. The van der Waals surface area contributed by atoms with Gasteiger partial charge in [0.05, 0.1) is 0 Å². The molecule has 0 saturated heterocycles. The molecule has 0 aliphatic rings. The Balaban J connectivity index is 2.06. The summed E-state index contributed by atoms with van der Waals surface area (Å²) < 4.78 is 5.64. The third kappa shape index (κ3) is 3.45. The largest absolute Gasteiger partial charge is 0.489 e. The van der Waals surface area contributed by atoms with E-state index in [9.17, 15) is 0 Å². The van der Waals surface area contributed by atoms with Crippen LogP contribution < -0.4 is 10.5 Å². The maximum absolute atomic E-state index is 5.88. The van der Waals surface area contributed by atoms with Crippen molar-refractivity contribution in [3.63, 3.8) is 0 Å². The van der Waals surface area contributed by atoms with Gasteiger partial charge in [0.1, 0.15) is 17.3 Å². The first kappa shape index (κ1) is 12.9. The predicted molar refractivity (Wildman–Crippen MR) is 78.1 cm³/mol. The summed E-state index contributed by atoms with van der Waals surface area (Å²) in [7, 11) is 0. The average Bonchev–Trinajstić information content (AvgIpc) is 2.37. The molecule has 2 aromatic carbocycles. The van der Waals surface area contributed by atoms with Crippen LogP contribution in [0.4, 0.5) is 0 Å². The highest BCUT2D eigenvalue weighted by Crippen LogP contribution is 2.18. The molecule has 0 radical (unpaired) electrons. The lowest BCUT2D eigenvalue weighted by molar-refractivity contribution is 0.306. The summed E-state index contributed by atoms with van der Waals surface area (Å²) in [5.74, 6) is 0.739. The molecule has 92 valence electrons. The third-order valence-corrected chi connectivity index (χ3v) is 2.88. The highest BCUT2D eigenvalue weighted by molar-refractivity contribution is 7.80. The molecular formula is C14H12ClNOS. The SMILES string of the molecule is NC(=S)c1cccc(COc2cccc(Cl)c2)c1. The van der Waals surface area contributed by atoms with Crippen LogP contribution in [0.2, 0.25) is 5.02 Å². The fourth-order valence-electron chi connectivity index (χ4n) is 1.54. The second kappa shape index (κ2) is 5.85. The van der Waals surface area contributed by atoms with E-state index in [-0.39, 0.29) is 0 Å². The Morgan fingerprint density at radius 1 is 1.17 bits per heavy atom. The van der Waals surface area contributed by atoms with Crippen molar-refractivity contribution in [1.82, 2.24) is 0 Å². The first-order valence-electron chi connectivity index (χ1n) is 5.42. The Morgan fingerprint density at radius 3 is 2.67 bits per heavy atom. The molecule has 0 unspecified atom stereocenters. The molecule has 18 heavy (non-hydrogen) atoms. The number of thiocarbonyl (C=S) groups is 1.